The van der Waals surface area contributed by atoms with Crippen molar-refractivity contribution >= 4 is 33.4 Å². The minimum atomic E-state index is -4.11. The van der Waals surface area contributed by atoms with Crippen LogP contribution in [0.15, 0.2) is 71.6 Å². The normalized spacial score (nSPS) is 13.0. The molecule has 0 radical (unpaired) electrons. The van der Waals surface area contributed by atoms with E-state index in [1.807, 2.05) is 0 Å². The topological polar surface area (TPSA) is 93.7 Å². The van der Waals surface area contributed by atoms with Crippen molar-refractivity contribution in [2.75, 3.05) is 23.3 Å². The highest BCUT2D eigenvalue weighted by atomic mass is 32.2. The Hall–Kier alpha value is -3.92. The maximum atomic E-state index is 13.3. The summed E-state index contributed by atoms with van der Waals surface area (Å²) in [6, 6.07) is 13.5. The summed E-state index contributed by atoms with van der Waals surface area (Å²) in [5.41, 5.74) is 1.38. The third-order valence-electron chi connectivity index (χ3n) is 4.60. The van der Waals surface area contributed by atoms with Gasteiger partial charge in [0, 0.05) is 17.5 Å². The van der Waals surface area contributed by atoms with Crippen LogP contribution in [0.5, 0.6) is 11.5 Å². The Balaban J connectivity index is 1.37. The van der Waals surface area contributed by atoms with Crippen LogP contribution < -0.4 is 19.5 Å². The number of amides is 1. The number of sulfonamides is 1. The van der Waals surface area contributed by atoms with Gasteiger partial charge in [-0.25, -0.2) is 17.2 Å². The van der Waals surface area contributed by atoms with Gasteiger partial charge in [0.25, 0.3) is 10.0 Å². The lowest BCUT2D eigenvalue weighted by Gasteiger charge is -2.18. The van der Waals surface area contributed by atoms with Gasteiger partial charge >= 0.3 is 0 Å². The van der Waals surface area contributed by atoms with Crippen LogP contribution in [0, 0.1) is 11.6 Å². The van der Waals surface area contributed by atoms with Crippen LogP contribution in [0.25, 0.3) is 6.08 Å². The molecule has 0 aliphatic carbocycles. The molecule has 0 unspecified atom stereocenters. The minimum Gasteiger partial charge on any atom is -0.486 e. The molecule has 7 nitrogen and oxygen atoms in total. The molecule has 3 aromatic carbocycles. The van der Waals surface area contributed by atoms with Gasteiger partial charge in [-0.1, -0.05) is 6.07 Å². The van der Waals surface area contributed by atoms with Crippen LogP contribution in [-0.4, -0.2) is 27.5 Å². The number of benzene rings is 3. The number of nitrogens with one attached hydrogen (secondary N) is 2. The molecular formula is C23H18F2N2O5S. The molecule has 33 heavy (non-hydrogen) atoms. The molecule has 0 saturated carbocycles. The van der Waals surface area contributed by atoms with Gasteiger partial charge in [-0.15, -0.1) is 0 Å². The molecule has 0 saturated heterocycles. The highest BCUT2D eigenvalue weighted by molar-refractivity contribution is 7.92. The lowest BCUT2D eigenvalue weighted by Crippen LogP contribution is -2.15. The van der Waals surface area contributed by atoms with Gasteiger partial charge in [-0.2, -0.15) is 0 Å². The first-order chi connectivity index (χ1) is 15.8. The molecule has 170 valence electrons. The fourth-order valence-electron chi connectivity index (χ4n) is 3.00. The van der Waals surface area contributed by atoms with Crippen LogP contribution in [0.2, 0.25) is 0 Å². The van der Waals surface area contributed by atoms with Gasteiger partial charge < -0.3 is 14.8 Å². The second kappa shape index (κ2) is 9.29. The molecule has 0 bridgehead atoms. The number of anilines is 2. The fraction of sp³-hybridized carbons (Fsp3) is 0.0870. The highest BCUT2D eigenvalue weighted by Crippen LogP contribution is 2.31. The summed E-state index contributed by atoms with van der Waals surface area (Å²) in [4.78, 5) is 11.8. The van der Waals surface area contributed by atoms with E-state index in [0.717, 1.165) is 17.7 Å². The van der Waals surface area contributed by atoms with E-state index >= 15 is 0 Å². The standard InChI is InChI=1S/C23H18F2N2O5S/c24-19-8-7-18(14-20(19)25)33(29,30)27-17-5-3-16(4-6-17)26-23(28)10-2-15-1-9-21-22(13-15)32-12-11-31-21/h1-10,13-14,27H,11-12H2,(H,26,28). The Morgan fingerprint density at radius 2 is 1.55 bits per heavy atom. The summed E-state index contributed by atoms with van der Waals surface area (Å²) in [5, 5.41) is 2.66. The lowest BCUT2D eigenvalue weighted by atomic mass is 10.2. The second-order valence-corrected chi connectivity index (χ2v) is 8.67. The van der Waals surface area contributed by atoms with Gasteiger partial charge in [0.05, 0.1) is 4.90 Å². The van der Waals surface area contributed by atoms with E-state index in [2.05, 4.69) is 10.0 Å². The molecule has 3 aromatic rings. The summed E-state index contributed by atoms with van der Waals surface area (Å²) in [6.45, 7) is 0.962. The zero-order valence-corrected chi connectivity index (χ0v) is 17.9. The molecule has 10 heteroatoms. The van der Waals surface area contributed by atoms with Crippen LogP contribution in [0.3, 0.4) is 0 Å². The molecule has 1 aliphatic heterocycles. The van der Waals surface area contributed by atoms with Crippen molar-refractivity contribution in [3.05, 3.63) is 83.9 Å². The number of rotatable bonds is 6. The second-order valence-electron chi connectivity index (χ2n) is 6.98. The Kier molecular flexibility index (Phi) is 6.27. The predicted molar refractivity (Wildman–Crippen MR) is 119 cm³/mol. The summed E-state index contributed by atoms with van der Waals surface area (Å²) >= 11 is 0. The van der Waals surface area contributed by atoms with Crippen LogP contribution in [-0.2, 0) is 14.8 Å². The number of hydrogen-bond acceptors (Lipinski definition) is 5. The molecule has 4 rings (SSSR count). The molecule has 0 aromatic heterocycles. The first-order valence-electron chi connectivity index (χ1n) is 9.77. The van der Waals surface area contributed by atoms with Crippen molar-refractivity contribution < 1.29 is 31.5 Å². The van der Waals surface area contributed by atoms with E-state index in [9.17, 15) is 22.0 Å². The van der Waals surface area contributed by atoms with Crippen LogP contribution in [0.4, 0.5) is 20.2 Å². The van der Waals surface area contributed by atoms with E-state index in [4.69, 9.17) is 9.47 Å². The van der Waals surface area contributed by atoms with Crippen molar-refractivity contribution in [1.82, 2.24) is 0 Å². The minimum absolute atomic E-state index is 0.185. The summed E-state index contributed by atoms with van der Waals surface area (Å²) in [7, 11) is -4.11. The van der Waals surface area contributed by atoms with E-state index in [0.29, 0.717) is 36.5 Å². The number of halogens is 2. The number of hydrogen-bond donors (Lipinski definition) is 2. The summed E-state index contributed by atoms with van der Waals surface area (Å²) in [5.74, 6) is -1.52. The van der Waals surface area contributed by atoms with Gasteiger partial charge in [-0.3, -0.25) is 9.52 Å². The average Bonchev–Trinajstić information content (AvgIpc) is 2.80. The van der Waals surface area contributed by atoms with Crippen molar-refractivity contribution in [2.24, 2.45) is 0 Å². The first-order valence-corrected chi connectivity index (χ1v) is 11.3. The quantitative estimate of drug-likeness (QED) is 0.525. The van der Waals surface area contributed by atoms with E-state index in [1.54, 1.807) is 24.3 Å². The fourth-order valence-corrected chi connectivity index (χ4v) is 4.07. The third kappa shape index (κ3) is 5.47. The highest BCUT2D eigenvalue weighted by Gasteiger charge is 2.17. The molecule has 0 fully saturated rings. The SMILES string of the molecule is O=C(C=Cc1ccc2c(c1)OCCO2)Nc1ccc(NS(=O)(=O)c2ccc(F)c(F)c2)cc1. The predicted octanol–water partition coefficient (Wildman–Crippen LogP) is 4.19. The Labute approximate surface area is 188 Å². The van der Waals surface area contributed by atoms with Crippen molar-refractivity contribution in [3.63, 3.8) is 0 Å². The number of carbonyl (C=O) groups is 1. The van der Waals surface area contributed by atoms with E-state index in [-0.39, 0.29) is 11.6 Å². The molecule has 0 atom stereocenters. The van der Waals surface area contributed by atoms with Crippen molar-refractivity contribution in [2.45, 2.75) is 4.90 Å². The van der Waals surface area contributed by atoms with E-state index in [1.165, 1.54) is 30.3 Å². The Morgan fingerprint density at radius 3 is 2.27 bits per heavy atom. The zero-order valence-electron chi connectivity index (χ0n) is 17.0. The van der Waals surface area contributed by atoms with Crippen LogP contribution in [0.1, 0.15) is 5.56 Å². The van der Waals surface area contributed by atoms with Gasteiger partial charge in [0.15, 0.2) is 23.1 Å². The third-order valence-corrected chi connectivity index (χ3v) is 5.98. The van der Waals surface area contributed by atoms with Gasteiger partial charge in [0.2, 0.25) is 5.91 Å². The number of ether oxygens (including phenoxy) is 2. The van der Waals surface area contributed by atoms with Crippen molar-refractivity contribution in [1.29, 1.82) is 0 Å². The van der Waals surface area contributed by atoms with Crippen LogP contribution >= 0.6 is 0 Å². The molecule has 2 N–H and O–H groups in total. The summed E-state index contributed by atoms with van der Waals surface area (Å²) in [6.07, 6.45) is 2.98. The largest absolute Gasteiger partial charge is 0.486 e. The maximum absolute atomic E-state index is 13.3. The molecule has 0 spiro atoms. The Morgan fingerprint density at radius 1 is 0.848 bits per heavy atom. The molecule has 1 heterocycles. The smallest absolute Gasteiger partial charge is 0.261 e. The zero-order chi connectivity index (χ0) is 23.4. The Bertz CT molecular complexity index is 1330. The number of carbonyl (C=O) groups excluding carboxylic acids is 1. The van der Waals surface area contributed by atoms with Gasteiger partial charge in [0.1, 0.15) is 13.2 Å². The van der Waals surface area contributed by atoms with E-state index < -0.39 is 26.6 Å². The first kappa shape index (κ1) is 22.3. The monoisotopic (exact) mass is 472 g/mol. The molecular weight excluding hydrogens is 454 g/mol. The average molecular weight is 472 g/mol. The molecule has 1 aliphatic rings. The maximum Gasteiger partial charge on any atom is 0.261 e. The number of fused-ring (bicyclic) bond motifs is 1. The molecule has 1 amide bonds. The summed E-state index contributed by atoms with van der Waals surface area (Å²) < 4.78 is 64.3. The lowest BCUT2D eigenvalue weighted by molar-refractivity contribution is -0.111. The van der Waals surface area contributed by atoms with Gasteiger partial charge in [-0.05, 0) is 66.2 Å². The van der Waals surface area contributed by atoms with Crippen molar-refractivity contribution in [3.8, 4) is 11.5 Å².